The molecule has 2 rings (SSSR count). The molecule has 0 aromatic heterocycles. The molecule has 0 heterocycles. The van der Waals surface area contributed by atoms with Crippen molar-refractivity contribution in [2.45, 2.75) is 39.5 Å². The molecule has 0 radical (unpaired) electrons. The van der Waals surface area contributed by atoms with E-state index in [-0.39, 0.29) is 19.5 Å². The molecule has 0 saturated carbocycles. The third kappa shape index (κ3) is 7.51. The van der Waals surface area contributed by atoms with Crippen LogP contribution in [-0.4, -0.2) is 0 Å². The molecule has 1 aromatic carbocycles. The van der Waals surface area contributed by atoms with Crippen molar-refractivity contribution in [3.8, 4) is 0 Å². The fourth-order valence-electron chi connectivity index (χ4n) is 1.68. The maximum absolute atomic E-state index is 3.30. The average molecular weight is 327 g/mol. The predicted octanol–water partition coefficient (Wildman–Crippen LogP) is 5.12. The van der Waals surface area contributed by atoms with E-state index in [9.17, 15) is 0 Å². The van der Waals surface area contributed by atoms with Gasteiger partial charge in [-0.2, -0.15) is 30.5 Å². The minimum atomic E-state index is 0. The smallest absolute Gasteiger partial charge is 0.493 e. The molecule has 0 nitrogen and oxygen atoms in total. The Bertz CT molecular complexity index is 349. The molecule has 0 N–H and O–H groups in total. The van der Waals surface area contributed by atoms with E-state index < -0.39 is 0 Å². The second-order valence-corrected chi connectivity index (χ2v) is 4.04. The second kappa shape index (κ2) is 11.3. The molecule has 0 unspecified atom stereocenters. The monoisotopic (exact) mass is 328 g/mol. The van der Waals surface area contributed by atoms with Crippen LogP contribution < -0.4 is 0 Å². The van der Waals surface area contributed by atoms with Gasteiger partial charge in [-0.25, -0.2) is 0 Å². The van der Waals surface area contributed by atoms with Crippen LogP contribution in [0, 0.1) is 12.5 Å². The molecule has 98 valence electrons. The molecule has 0 aliphatic heterocycles. The average Bonchev–Trinajstić information content (AvgIpc) is 2.42. The predicted molar refractivity (Wildman–Crippen MR) is 75.6 cm³/mol. The van der Waals surface area contributed by atoms with Gasteiger partial charge < -0.3 is 6.08 Å². The number of benzene rings is 1. The molecule has 0 atom stereocenters. The van der Waals surface area contributed by atoms with Crippen LogP contribution in [0.1, 0.15) is 45.1 Å². The summed E-state index contributed by atoms with van der Waals surface area (Å²) >= 11 is 0. The van der Waals surface area contributed by atoms with Crippen LogP contribution in [0.25, 0.3) is 0 Å². The minimum absolute atomic E-state index is 0. The first kappa shape index (κ1) is 17.2. The molecule has 18 heavy (non-hydrogen) atoms. The summed E-state index contributed by atoms with van der Waals surface area (Å²) < 4.78 is 0. The van der Waals surface area contributed by atoms with Crippen molar-refractivity contribution in [1.82, 2.24) is 0 Å². The second-order valence-electron chi connectivity index (χ2n) is 4.04. The van der Waals surface area contributed by atoms with Crippen molar-refractivity contribution in [2.24, 2.45) is 0 Å². The van der Waals surface area contributed by atoms with Gasteiger partial charge in [-0.3, -0.25) is 5.57 Å². The first-order valence-electron chi connectivity index (χ1n) is 6.48. The molecule has 1 aliphatic carbocycles. The molecule has 0 fully saturated rings. The number of hydrogen-bond acceptors (Lipinski definition) is 0. The van der Waals surface area contributed by atoms with E-state index in [2.05, 4.69) is 62.8 Å². The van der Waals surface area contributed by atoms with Crippen molar-refractivity contribution in [1.29, 1.82) is 0 Å². The molecule has 1 aliphatic rings. The van der Waals surface area contributed by atoms with Crippen LogP contribution in [0.3, 0.4) is 0 Å². The Morgan fingerprint density at radius 3 is 2.28 bits per heavy atom. The van der Waals surface area contributed by atoms with E-state index in [0.29, 0.717) is 0 Å². The summed E-state index contributed by atoms with van der Waals surface area (Å²) in [4.78, 5) is 0. The number of rotatable bonds is 3. The summed E-state index contributed by atoms with van der Waals surface area (Å²) in [5.74, 6) is 0. The zero-order chi connectivity index (χ0) is 12.3. The quantitative estimate of drug-likeness (QED) is 0.410. The van der Waals surface area contributed by atoms with Gasteiger partial charge in [0.15, 0.2) is 0 Å². The van der Waals surface area contributed by atoms with E-state index in [4.69, 9.17) is 0 Å². The topological polar surface area (TPSA) is 0 Å². The zero-order valence-electron chi connectivity index (χ0n) is 11.3. The van der Waals surface area contributed by atoms with Crippen LogP contribution in [0.5, 0.6) is 0 Å². The third-order valence-electron chi connectivity index (χ3n) is 2.67. The van der Waals surface area contributed by atoms with Gasteiger partial charge in [-0.1, -0.05) is 38.8 Å². The van der Waals surface area contributed by atoms with Gasteiger partial charge in [-0.05, 0) is 6.42 Å². The Labute approximate surface area is 125 Å². The van der Waals surface area contributed by atoms with Gasteiger partial charge in [0.05, 0.1) is 0 Å². The van der Waals surface area contributed by atoms with Gasteiger partial charge in [0.2, 0.25) is 0 Å². The van der Waals surface area contributed by atoms with Crippen LogP contribution in [-0.2, 0) is 19.5 Å². The van der Waals surface area contributed by atoms with Crippen molar-refractivity contribution in [3.63, 3.8) is 0 Å². The Morgan fingerprint density at radius 1 is 1.11 bits per heavy atom. The number of hydrogen-bond donors (Lipinski definition) is 0. The Kier molecular flexibility index (Phi) is 10.8. The molecule has 1 heteroatoms. The molecule has 0 bridgehead atoms. The van der Waals surface area contributed by atoms with Gasteiger partial charge in [0.1, 0.15) is 0 Å². The normalized spacial score (nSPS) is 12.7. The van der Waals surface area contributed by atoms with Crippen molar-refractivity contribution in [2.75, 3.05) is 0 Å². The van der Waals surface area contributed by atoms with E-state index in [1.54, 1.807) is 0 Å². The van der Waals surface area contributed by atoms with E-state index in [0.717, 1.165) is 19.3 Å². The number of allylic oxidation sites excluding steroid dienone is 4. The summed E-state index contributed by atoms with van der Waals surface area (Å²) in [6.45, 7) is 4.33. The van der Waals surface area contributed by atoms with Gasteiger partial charge in [0, 0.05) is 0 Å². The van der Waals surface area contributed by atoms with Crippen LogP contribution in [0.15, 0.2) is 48.1 Å². The summed E-state index contributed by atoms with van der Waals surface area (Å²) in [7, 11) is 0. The van der Waals surface area contributed by atoms with Gasteiger partial charge in [0.25, 0.3) is 0 Å². The molecule has 0 amide bonds. The zero-order valence-corrected chi connectivity index (χ0v) is 13.0. The standard InChI is InChI=1S/C9H11.C8H11.Ru/c1-2-6-9-7-4-3-5-8-9;1-2-8-6-4-3-5-7-8;/h3-8H,2H2,1H3;3-4H,2,5-6H2,1H3;/q2*-1;+2. The molecular formula is C17H22Ru. The maximum Gasteiger partial charge on any atom is 2.00 e. The summed E-state index contributed by atoms with van der Waals surface area (Å²) in [6.07, 6.45) is 14.3. The minimum Gasteiger partial charge on any atom is -0.493 e. The van der Waals surface area contributed by atoms with Crippen LogP contribution in [0.4, 0.5) is 0 Å². The van der Waals surface area contributed by atoms with E-state index in [1.807, 2.05) is 6.07 Å². The summed E-state index contributed by atoms with van der Waals surface area (Å²) in [5.41, 5.74) is 2.78. The van der Waals surface area contributed by atoms with Crippen molar-refractivity contribution >= 4 is 0 Å². The molecule has 0 spiro atoms. The first-order valence-corrected chi connectivity index (χ1v) is 6.48. The van der Waals surface area contributed by atoms with Crippen molar-refractivity contribution < 1.29 is 19.5 Å². The van der Waals surface area contributed by atoms with Crippen LogP contribution >= 0.6 is 0 Å². The molecule has 1 aromatic rings. The SMILES string of the molecule is CCC1=[C-]CC=CC1.CC[CH-]c1ccccc1.[Ru+2]. The van der Waals surface area contributed by atoms with Crippen molar-refractivity contribution in [3.05, 3.63) is 66.1 Å². The largest absolute Gasteiger partial charge is 2.00 e. The van der Waals surface area contributed by atoms with Gasteiger partial charge >= 0.3 is 19.5 Å². The van der Waals surface area contributed by atoms with E-state index >= 15 is 0 Å². The fourth-order valence-corrected chi connectivity index (χ4v) is 1.68. The van der Waals surface area contributed by atoms with E-state index in [1.165, 1.54) is 17.6 Å². The molecule has 0 saturated heterocycles. The first-order chi connectivity index (χ1) is 8.36. The summed E-state index contributed by atoms with van der Waals surface area (Å²) in [5, 5.41) is 0. The van der Waals surface area contributed by atoms with Crippen LogP contribution in [0.2, 0.25) is 0 Å². The van der Waals surface area contributed by atoms with Gasteiger partial charge in [-0.15, -0.1) is 18.2 Å². The summed E-state index contributed by atoms with van der Waals surface area (Å²) in [6, 6.07) is 10.4. The fraction of sp³-hybridized carbons (Fsp3) is 0.353. The molecular weight excluding hydrogens is 305 g/mol. The Morgan fingerprint density at radius 2 is 1.83 bits per heavy atom. The Balaban J connectivity index is 0.000000306. The Hall–Kier alpha value is -0.807. The third-order valence-corrected chi connectivity index (χ3v) is 2.67. The maximum atomic E-state index is 3.30.